The van der Waals surface area contributed by atoms with Crippen molar-refractivity contribution in [3.8, 4) is 0 Å². The van der Waals surface area contributed by atoms with Gasteiger partial charge in [0.2, 0.25) is 0 Å². The molecule has 0 atom stereocenters. The summed E-state index contributed by atoms with van der Waals surface area (Å²) in [5.41, 5.74) is 2.22. The molecule has 16 heavy (non-hydrogen) atoms. The molecule has 0 unspecified atom stereocenters. The van der Waals surface area contributed by atoms with Gasteiger partial charge in [-0.25, -0.2) is 4.79 Å². The number of ether oxygens (including phenoxy) is 1. The lowest BCUT2D eigenvalue weighted by molar-refractivity contribution is -0.137. The molecule has 0 spiro atoms. The van der Waals surface area contributed by atoms with E-state index in [0.29, 0.717) is 6.61 Å². The van der Waals surface area contributed by atoms with Crippen molar-refractivity contribution in [2.75, 3.05) is 6.61 Å². The third-order valence-corrected chi connectivity index (χ3v) is 2.23. The number of unbranched alkanes of at least 4 members (excludes halogenated alkanes) is 1. The fourth-order valence-electron chi connectivity index (χ4n) is 1.21. The first-order chi connectivity index (χ1) is 7.72. The van der Waals surface area contributed by atoms with Crippen molar-refractivity contribution in [3.05, 3.63) is 41.5 Å². The summed E-state index contributed by atoms with van der Waals surface area (Å²) in [4.78, 5) is 11.2. The summed E-state index contributed by atoms with van der Waals surface area (Å²) in [6, 6.07) is 7.99. The molecule has 0 saturated carbocycles. The van der Waals surface area contributed by atoms with E-state index in [9.17, 15) is 4.79 Å². The molecule has 0 amide bonds. The Morgan fingerprint density at radius 2 is 2.00 bits per heavy atom. The Hall–Kier alpha value is -1.57. The fraction of sp³-hybridized carbons (Fsp3) is 0.357. The monoisotopic (exact) mass is 218 g/mol. The fourth-order valence-corrected chi connectivity index (χ4v) is 1.21. The summed E-state index contributed by atoms with van der Waals surface area (Å²) >= 11 is 0. The molecule has 2 nitrogen and oxygen atoms in total. The first-order valence-corrected chi connectivity index (χ1v) is 5.64. The van der Waals surface area contributed by atoms with E-state index in [0.717, 1.165) is 18.4 Å². The van der Waals surface area contributed by atoms with Crippen LogP contribution in [0.5, 0.6) is 0 Å². The second-order valence-electron chi connectivity index (χ2n) is 3.77. The molecule has 0 aromatic heterocycles. The summed E-state index contributed by atoms with van der Waals surface area (Å²) in [6.07, 6.45) is 5.20. The van der Waals surface area contributed by atoms with E-state index in [1.54, 1.807) is 6.08 Å². The smallest absolute Gasteiger partial charge is 0.330 e. The van der Waals surface area contributed by atoms with Crippen LogP contribution < -0.4 is 0 Å². The molecule has 1 aromatic carbocycles. The number of rotatable bonds is 5. The second-order valence-corrected chi connectivity index (χ2v) is 3.77. The zero-order valence-corrected chi connectivity index (χ0v) is 9.90. The van der Waals surface area contributed by atoms with Crippen LogP contribution in [0.15, 0.2) is 30.3 Å². The van der Waals surface area contributed by atoms with Gasteiger partial charge in [0.25, 0.3) is 0 Å². The van der Waals surface area contributed by atoms with Crippen LogP contribution in [-0.4, -0.2) is 12.6 Å². The quantitative estimate of drug-likeness (QED) is 0.430. The first kappa shape index (κ1) is 12.5. The molecule has 0 N–H and O–H groups in total. The van der Waals surface area contributed by atoms with Gasteiger partial charge < -0.3 is 4.74 Å². The van der Waals surface area contributed by atoms with E-state index in [1.807, 2.05) is 31.2 Å². The average molecular weight is 218 g/mol. The third kappa shape index (κ3) is 4.78. The van der Waals surface area contributed by atoms with Gasteiger partial charge in [0.15, 0.2) is 0 Å². The lowest BCUT2D eigenvalue weighted by atomic mass is 10.1. The Labute approximate surface area is 96.9 Å². The van der Waals surface area contributed by atoms with Crippen LogP contribution in [-0.2, 0) is 9.53 Å². The van der Waals surface area contributed by atoms with Gasteiger partial charge in [0, 0.05) is 6.08 Å². The first-order valence-electron chi connectivity index (χ1n) is 5.64. The van der Waals surface area contributed by atoms with Crippen LogP contribution in [0.25, 0.3) is 6.08 Å². The number of aryl methyl sites for hydroxylation is 1. The minimum atomic E-state index is -0.269. The van der Waals surface area contributed by atoms with Crippen molar-refractivity contribution in [1.29, 1.82) is 0 Å². The van der Waals surface area contributed by atoms with Crippen molar-refractivity contribution in [1.82, 2.24) is 0 Å². The van der Waals surface area contributed by atoms with Crippen LogP contribution in [0.4, 0.5) is 0 Å². The van der Waals surface area contributed by atoms with E-state index in [4.69, 9.17) is 4.74 Å². The minimum Gasteiger partial charge on any atom is -0.463 e. The highest BCUT2D eigenvalue weighted by Gasteiger charge is 1.95. The molecular weight excluding hydrogens is 200 g/mol. The van der Waals surface area contributed by atoms with Crippen LogP contribution >= 0.6 is 0 Å². The molecule has 0 heterocycles. The van der Waals surface area contributed by atoms with E-state index in [-0.39, 0.29) is 5.97 Å². The maximum absolute atomic E-state index is 11.2. The number of hydrogen-bond acceptors (Lipinski definition) is 2. The van der Waals surface area contributed by atoms with Crippen molar-refractivity contribution in [2.24, 2.45) is 0 Å². The molecule has 0 aliphatic heterocycles. The van der Waals surface area contributed by atoms with Gasteiger partial charge in [-0.1, -0.05) is 43.2 Å². The van der Waals surface area contributed by atoms with Crippen LogP contribution in [0.2, 0.25) is 0 Å². The summed E-state index contributed by atoms with van der Waals surface area (Å²) in [6.45, 7) is 4.61. The van der Waals surface area contributed by atoms with Crippen molar-refractivity contribution in [3.63, 3.8) is 0 Å². The molecule has 0 saturated heterocycles. The number of hydrogen-bond donors (Lipinski definition) is 0. The topological polar surface area (TPSA) is 26.3 Å². The van der Waals surface area contributed by atoms with E-state index < -0.39 is 0 Å². The van der Waals surface area contributed by atoms with Crippen molar-refractivity contribution >= 4 is 12.0 Å². The van der Waals surface area contributed by atoms with Gasteiger partial charge in [0.05, 0.1) is 6.61 Å². The summed E-state index contributed by atoms with van der Waals surface area (Å²) in [5.74, 6) is -0.269. The van der Waals surface area contributed by atoms with Gasteiger partial charge >= 0.3 is 5.97 Å². The molecular formula is C14H18O2. The normalized spacial score (nSPS) is 10.6. The highest BCUT2D eigenvalue weighted by molar-refractivity contribution is 5.87. The molecule has 1 rings (SSSR count). The maximum Gasteiger partial charge on any atom is 0.330 e. The summed E-state index contributed by atoms with van der Waals surface area (Å²) < 4.78 is 5.00. The Balaban J connectivity index is 2.41. The largest absolute Gasteiger partial charge is 0.463 e. The van der Waals surface area contributed by atoms with Gasteiger partial charge in [-0.05, 0) is 25.0 Å². The van der Waals surface area contributed by atoms with Crippen LogP contribution in [0, 0.1) is 6.92 Å². The lowest BCUT2D eigenvalue weighted by Crippen LogP contribution is -2.01. The van der Waals surface area contributed by atoms with Crippen molar-refractivity contribution in [2.45, 2.75) is 26.7 Å². The molecule has 0 bridgehead atoms. The molecule has 2 heteroatoms. The number of benzene rings is 1. The second kappa shape index (κ2) is 6.83. The molecule has 1 aromatic rings. The zero-order chi connectivity index (χ0) is 11.8. The van der Waals surface area contributed by atoms with E-state index >= 15 is 0 Å². The Morgan fingerprint density at radius 1 is 1.31 bits per heavy atom. The standard InChI is InChI=1S/C14H18O2/c1-3-4-11-16-14(15)10-9-13-7-5-12(2)6-8-13/h5-10H,3-4,11H2,1-2H3. The van der Waals surface area contributed by atoms with Gasteiger partial charge in [-0.3, -0.25) is 0 Å². The molecule has 0 fully saturated rings. The minimum absolute atomic E-state index is 0.269. The highest BCUT2D eigenvalue weighted by Crippen LogP contribution is 2.05. The molecule has 0 radical (unpaired) electrons. The Morgan fingerprint density at radius 3 is 2.62 bits per heavy atom. The Bertz CT molecular complexity index is 350. The predicted molar refractivity (Wildman–Crippen MR) is 66.1 cm³/mol. The van der Waals surface area contributed by atoms with Crippen LogP contribution in [0.1, 0.15) is 30.9 Å². The van der Waals surface area contributed by atoms with Gasteiger partial charge in [-0.15, -0.1) is 0 Å². The predicted octanol–water partition coefficient (Wildman–Crippen LogP) is 3.35. The van der Waals surface area contributed by atoms with Crippen molar-refractivity contribution < 1.29 is 9.53 Å². The zero-order valence-electron chi connectivity index (χ0n) is 9.90. The number of carbonyl (C=O) groups excluding carboxylic acids is 1. The SMILES string of the molecule is CCCCOC(=O)C=Cc1ccc(C)cc1. The summed E-state index contributed by atoms with van der Waals surface area (Å²) in [5, 5.41) is 0. The van der Waals surface area contributed by atoms with Gasteiger partial charge in [-0.2, -0.15) is 0 Å². The van der Waals surface area contributed by atoms with Gasteiger partial charge in [0.1, 0.15) is 0 Å². The van der Waals surface area contributed by atoms with Crippen LogP contribution in [0.3, 0.4) is 0 Å². The summed E-state index contributed by atoms with van der Waals surface area (Å²) in [7, 11) is 0. The highest BCUT2D eigenvalue weighted by atomic mass is 16.5. The Kier molecular flexibility index (Phi) is 5.34. The number of carbonyl (C=O) groups is 1. The van der Waals surface area contributed by atoms with E-state index in [2.05, 4.69) is 6.92 Å². The van der Waals surface area contributed by atoms with E-state index in [1.165, 1.54) is 11.6 Å². The molecule has 86 valence electrons. The molecule has 0 aliphatic rings. The number of esters is 1. The third-order valence-electron chi connectivity index (χ3n) is 2.23. The molecule has 0 aliphatic carbocycles. The maximum atomic E-state index is 11.2. The average Bonchev–Trinajstić information content (AvgIpc) is 2.29. The lowest BCUT2D eigenvalue weighted by Gasteiger charge is -1.99.